The Morgan fingerprint density at radius 3 is 2.20 bits per heavy atom. The predicted molar refractivity (Wildman–Crippen MR) is 142 cm³/mol. The molecule has 2 unspecified atom stereocenters. The molecule has 0 saturated heterocycles. The molecule has 214 valence electrons. The summed E-state index contributed by atoms with van der Waals surface area (Å²) in [4.78, 5) is 12.8. The lowest BCUT2D eigenvalue weighted by Gasteiger charge is -2.29. The Labute approximate surface area is 231 Å². The van der Waals surface area contributed by atoms with E-state index in [1.54, 1.807) is 31.2 Å². The fraction of sp³-hybridized carbons (Fsp3) is 0.345. The van der Waals surface area contributed by atoms with Gasteiger partial charge >= 0.3 is 0 Å². The van der Waals surface area contributed by atoms with Gasteiger partial charge in [-0.2, -0.15) is 0 Å². The van der Waals surface area contributed by atoms with Gasteiger partial charge in [0, 0.05) is 24.3 Å². The maximum Gasteiger partial charge on any atom is 0.204 e. The Balaban J connectivity index is 1.69. The van der Waals surface area contributed by atoms with Crippen molar-refractivity contribution in [3.8, 4) is 46.0 Å². The van der Waals surface area contributed by atoms with Gasteiger partial charge in [-0.1, -0.05) is 6.07 Å². The van der Waals surface area contributed by atoms with Crippen molar-refractivity contribution in [3.63, 3.8) is 0 Å². The monoisotopic (exact) mass is 556 g/mol. The summed E-state index contributed by atoms with van der Waals surface area (Å²) in [6, 6.07) is 10.3. The molecule has 3 atom stereocenters. The van der Waals surface area contributed by atoms with E-state index in [9.17, 15) is 25.2 Å². The number of phenolic OH excluding ortho intramolecular Hbond substituents is 3. The van der Waals surface area contributed by atoms with E-state index < -0.39 is 24.9 Å². The van der Waals surface area contributed by atoms with Crippen molar-refractivity contribution >= 4 is 5.78 Å². The average Bonchev–Trinajstić information content (AvgIpc) is 2.94. The molecule has 0 aliphatic carbocycles. The molecule has 11 heteroatoms. The molecule has 0 fully saturated rings. The highest BCUT2D eigenvalue weighted by molar-refractivity contribution is 6.02. The molecule has 3 aromatic carbocycles. The Kier molecular flexibility index (Phi) is 8.76. The van der Waals surface area contributed by atoms with Crippen LogP contribution >= 0.6 is 0 Å². The SMILES string of the molecule is CCOC(c1ccc(O)c(OC)c1)C(CO)Oc1c(OC)cc([C@@H]2CC(=O)c3c(O)cc(O)cc3O2)cc1OC. The number of hydrogen-bond acceptors (Lipinski definition) is 11. The van der Waals surface area contributed by atoms with Gasteiger partial charge in [0.25, 0.3) is 0 Å². The Morgan fingerprint density at radius 2 is 1.60 bits per heavy atom. The Bertz CT molecular complexity index is 1350. The van der Waals surface area contributed by atoms with Crippen molar-refractivity contribution < 1.29 is 53.6 Å². The third-order valence-corrected chi connectivity index (χ3v) is 6.51. The molecule has 1 heterocycles. The van der Waals surface area contributed by atoms with Crippen LogP contribution in [-0.2, 0) is 4.74 Å². The summed E-state index contributed by atoms with van der Waals surface area (Å²) in [5.41, 5.74) is 1.13. The van der Waals surface area contributed by atoms with E-state index in [-0.39, 0.29) is 63.8 Å². The zero-order valence-electron chi connectivity index (χ0n) is 22.5. The lowest BCUT2D eigenvalue weighted by Crippen LogP contribution is -2.31. The van der Waals surface area contributed by atoms with Gasteiger partial charge < -0.3 is 48.8 Å². The number of ether oxygens (including phenoxy) is 6. The number of aromatic hydroxyl groups is 3. The minimum absolute atomic E-state index is 0.00606. The molecule has 0 saturated carbocycles. The number of carbonyl (C=O) groups excluding carboxylic acids is 1. The fourth-order valence-corrected chi connectivity index (χ4v) is 4.63. The van der Waals surface area contributed by atoms with Crippen LogP contribution in [0.2, 0.25) is 0 Å². The first-order valence-corrected chi connectivity index (χ1v) is 12.5. The number of benzene rings is 3. The third kappa shape index (κ3) is 5.65. The number of methoxy groups -OCH3 is 3. The minimum Gasteiger partial charge on any atom is -0.508 e. The molecule has 1 aliphatic heterocycles. The lowest BCUT2D eigenvalue weighted by molar-refractivity contribution is -0.0452. The molecule has 0 spiro atoms. The smallest absolute Gasteiger partial charge is 0.204 e. The van der Waals surface area contributed by atoms with Crippen molar-refractivity contribution in [2.75, 3.05) is 34.5 Å². The normalized spacial score (nSPS) is 15.9. The highest BCUT2D eigenvalue weighted by Gasteiger charge is 2.33. The first-order valence-electron chi connectivity index (χ1n) is 12.5. The molecule has 40 heavy (non-hydrogen) atoms. The lowest BCUT2D eigenvalue weighted by atomic mass is 9.95. The topological polar surface area (TPSA) is 153 Å². The maximum atomic E-state index is 12.8. The number of fused-ring (bicyclic) bond motifs is 1. The summed E-state index contributed by atoms with van der Waals surface area (Å²) in [6.07, 6.45) is -2.53. The van der Waals surface area contributed by atoms with Gasteiger partial charge in [0.15, 0.2) is 34.9 Å². The highest BCUT2D eigenvalue weighted by Crippen LogP contribution is 2.46. The molecule has 11 nitrogen and oxygen atoms in total. The number of hydrogen-bond donors (Lipinski definition) is 4. The summed E-state index contributed by atoms with van der Waals surface area (Å²) in [7, 11) is 4.30. The van der Waals surface area contributed by atoms with Gasteiger partial charge in [0.2, 0.25) is 5.75 Å². The van der Waals surface area contributed by atoms with Crippen LogP contribution in [0.4, 0.5) is 0 Å². The number of carbonyl (C=O) groups is 1. The molecule has 4 N–H and O–H groups in total. The number of Topliss-reactive ketones (excluding diaryl/α,β-unsaturated/α-hetero) is 1. The van der Waals surface area contributed by atoms with Crippen LogP contribution < -0.4 is 23.7 Å². The quantitative estimate of drug-likeness (QED) is 0.270. The molecule has 3 aromatic rings. The first-order chi connectivity index (χ1) is 19.2. The van der Waals surface area contributed by atoms with Crippen LogP contribution in [0.3, 0.4) is 0 Å². The molecular formula is C29H32O11. The van der Waals surface area contributed by atoms with Crippen molar-refractivity contribution in [1.82, 2.24) is 0 Å². The summed E-state index contributed by atoms with van der Waals surface area (Å²) in [5, 5.41) is 40.3. The molecule has 0 amide bonds. The van der Waals surface area contributed by atoms with Crippen LogP contribution in [0, 0.1) is 0 Å². The highest BCUT2D eigenvalue weighted by atomic mass is 16.6. The van der Waals surface area contributed by atoms with Crippen LogP contribution in [-0.4, -0.2) is 66.9 Å². The predicted octanol–water partition coefficient (Wildman–Crippen LogP) is 4.05. The fourth-order valence-electron chi connectivity index (χ4n) is 4.63. The van der Waals surface area contributed by atoms with Gasteiger partial charge in [-0.05, 0) is 36.8 Å². The summed E-state index contributed by atoms with van der Waals surface area (Å²) in [6.45, 7) is 1.67. The molecule has 4 rings (SSSR count). The van der Waals surface area contributed by atoms with Gasteiger partial charge in [-0.25, -0.2) is 0 Å². The largest absolute Gasteiger partial charge is 0.508 e. The molecule has 0 radical (unpaired) electrons. The maximum absolute atomic E-state index is 12.8. The van der Waals surface area contributed by atoms with Gasteiger partial charge in [-0.15, -0.1) is 0 Å². The molecular weight excluding hydrogens is 524 g/mol. The van der Waals surface area contributed by atoms with Crippen LogP contribution in [0.5, 0.6) is 46.0 Å². The number of aliphatic hydroxyl groups excluding tert-OH is 1. The van der Waals surface area contributed by atoms with Crippen LogP contribution in [0.1, 0.15) is 47.0 Å². The van der Waals surface area contributed by atoms with Gasteiger partial charge in [0.05, 0.1) is 34.4 Å². The third-order valence-electron chi connectivity index (χ3n) is 6.51. The van der Waals surface area contributed by atoms with Crippen molar-refractivity contribution in [2.45, 2.75) is 31.7 Å². The zero-order chi connectivity index (χ0) is 29.0. The second-order valence-corrected chi connectivity index (χ2v) is 8.97. The van der Waals surface area contributed by atoms with E-state index in [2.05, 4.69) is 0 Å². The number of ketones is 1. The zero-order valence-corrected chi connectivity index (χ0v) is 22.5. The second-order valence-electron chi connectivity index (χ2n) is 8.97. The van der Waals surface area contributed by atoms with E-state index in [0.717, 1.165) is 6.07 Å². The van der Waals surface area contributed by atoms with E-state index in [4.69, 9.17) is 28.4 Å². The molecule has 0 bridgehead atoms. The Morgan fingerprint density at radius 1 is 0.925 bits per heavy atom. The van der Waals surface area contributed by atoms with E-state index in [0.29, 0.717) is 17.7 Å². The first kappa shape index (κ1) is 28.7. The van der Waals surface area contributed by atoms with Crippen molar-refractivity contribution in [2.24, 2.45) is 0 Å². The Hall–Kier alpha value is -4.35. The molecule has 0 aromatic heterocycles. The minimum atomic E-state index is -0.923. The van der Waals surface area contributed by atoms with Crippen LogP contribution in [0.25, 0.3) is 0 Å². The van der Waals surface area contributed by atoms with Crippen molar-refractivity contribution in [3.05, 3.63) is 59.2 Å². The summed E-state index contributed by atoms with van der Waals surface area (Å²) in [5.74, 6) is -0.0364. The summed E-state index contributed by atoms with van der Waals surface area (Å²) < 4.78 is 34.5. The second kappa shape index (κ2) is 12.2. The van der Waals surface area contributed by atoms with Crippen molar-refractivity contribution in [1.29, 1.82) is 0 Å². The van der Waals surface area contributed by atoms with Crippen LogP contribution in [0.15, 0.2) is 42.5 Å². The summed E-state index contributed by atoms with van der Waals surface area (Å²) >= 11 is 0. The number of rotatable bonds is 11. The van der Waals surface area contributed by atoms with E-state index in [1.807, 2.05) is 0 Å². The van der Waals surface area contributed by atoms with E-state index >= 15 is 0 Å². The van der Waals surface area contributed by atoms with E-state index in [1.165, 1.54) is 33.5 Å². The average molecular weight is 557 g/mol. The standard InChI is InChI=1S/C29H32O11/c1-5-38-28(15-6-7-18(32)22(8-15)35-2)26(14-30)40-29-24(36-3)9-16(10-25(29)37-4)21-13-20(34)27-19(33)11-17(31)12-23(27)39-21/h6-12,21,26,28,30-33H,5,13-14H2,1-4H3/t21-,26?,28?/m0/s1. The molecule has 1 aliphatic rings. The number of aliphatic hydroxyl groups is 1. The number of phenols is 3. The van der Waals surface area contributed by atoms with Gasteiger partial charge in [0.1, 0.15) is 35.0 Å². The van der Waals surface area contributed by atoms with Gasteiger partial charge in [-0.3, -0.25) is 4.79 Å².